The molecular formula is C16H19N3O3. The van der Waals surface area contributed by atoms with Crippen LogP contribution in [0.25, 0.3) is 0 Å². The summed E-state index contributed by atoms with van der Waals surface area (Å²) in [5.74, 6) is -0.341. The maximum atomic E-state index is 12.0. The summed E-state index contributed by atoms with van der Waals surface area (Å²) in [6.07, 6.45) is 1.74. The van der Waals surface area contributed by atoms with Crippen LogP contribution >= 0.6 is 0 Å². The highest BCUT2D eigenvalue weighted by molar-refractivity contribution is 6.07. The Balaban J connectivity index is 1.81. The third kappa shape index (κ3) is 2.45. The van der Waals surface area contributed by atoms with Gasteiger partial charge in [0.25, 0.3) is 5.91 Å². The van der Waals surface area contributed by atoms with Crippen molar-refractivity contribution in [2.24, 2.45) is 5.92 Å². The van der Waals surface area contributed by atoms with Gasteiger partial charge in [-0.25, -0.2) is 4.79 Å². The first-order valence-electron chi connectivity index (χ1n) is 7.46. The highest BCUT2D eigenvalue weighted by atomic mass is 16.2. The zero-order chi connectivity index (χ0) is 15.9. The second-order valence-corrected chi connectivity index (χ2v) is 6.29. The van der Waals surface area contributed by atoms with E-state index in [0.29, 0.717) is 19.3 Å². The fourth-order valence-electron chi connectivity index (χ4n) is 2.99. The van der Waals surface area contributed by atoms with Crippen molar-refractivity contribution in [3.05, 3.63) is 29.3 Å². The minimum atomic E-state index is -0.813. The molecule has 6 nitrogen and oxygen atoms in total. The van der Waals surface area contributed by atoms with Gasteiger partial charge in [-0.05, 0) is 36.1 Å². The maximum absolute atomic E-state index is 12.0. The number of carbonyl (C=O) groups is 3. The molecule has 0 bridgehead atoms. The number of rotatable bonds is 2. The van der Waals surface area contributed by atoms with E-state index in [1.165, 1.54) is 0 Å². The molecule has 1 spiro atoms. The van der Waals surface area contributed by atoms with Crippen LogP contribution in [0, 0.1) is 5.92 Å². The monoisotopic (exact) mass is 301 g/mol. The first kappa shape index (κ1) is 14.6. The molecule has 1 saturated heterocycles. The summed E-state index contributed by atoms with van der Waals surface area (Å²) in [7, 11) is 0. The van der Waals surface area contributed by atoms with Crippen LogP contribution in [0.1, 0.15) is 31.4 Å². The summed E-state index contributed by atoms with van der Waals surface area (Å²) < 4.78 is 0. The zero-order valence-electron chi connectivity index (χ0n) is 12.7. The van der Waals surface area contributed by atoms with Gasteiger partial charge in [-0.15, -0.1) is 0 Å². The van der Waals surface area contributed by atoms with Crippen molar-refractivity contribution in [3.63, 3.8) is 0 Å². The van der Waals surface area contributed by atoms with E-state index in [4.69, 9.17) is 0 Å². The van der Waals surface area contributed by atoms with Gasteiger partial charge >= 0.3 is 6.03 Å². The van der Waals surface area contributed by atoms with E-state index in [2.05, 4.69) is 16.0 Å². The SMILES string of the molecule is CC(C)C(=O)Nc1ccc2c(c1)CCC1(C2)NC(=O)NC1=O. The number of carbonyl (C=O) groups excluding carboxylic acids is 3. The molecule has 6 heteroatoms. The summed E-state index contributed by atoms with van der Waals surface area (Å²) in [5, 5.41) is 7.94. The van der Waals surface area contributed by atoms with Crippen molar-refractivity contribution < 1.29 is 14.4 Å². The number of nitrogens with one attached hydrogen (secondary N) is 3. The fourth-order valence-corrected chi connectivity index (χ4v) is 2.99. The average Bonchev–Trinajstić information content (AvgIpc) is 2.73. The summed E-state index contributed by atoms with van der Waals surface area (Å²) in [5.41, 5.74) is 2.10. The van der Waals surface area contributed by atoms with Crippen molar-refractivity contribution in [3.8, 4) is 0 Å². The molecule has 1 fully saturated rings. The molecule has 116 valence electrons. The number of amides is 4. The Morgan fingerprint density at radius 2 is 2.05 bits per heavy atom. The van der Waals surface area contributed by atoms with Crippen molar-refractivity contribution in [1.29, 1.82) is 0 Å². The molecule has 1 aliphatic heterocycles. The molecule has 0 aromatic heterocycles. The third-order valence-corrected chi connectivity index (χ3v) is 4.33. The normalized spacial score (nSPS) is 23.2. The number of fused-ring (bicyclic) bond motifs is 1. The van der Waals surface area contributed by atoms with Crippen LogP contribution in [-0.4, -0.2) is 23.4 Å². The molecule has 1 heterocycles. The van der Waals surface area contributed by atoms with Gasteiger partial charge in [-0.1, -0.05) is 19.9 Å². The van der Waals surface area contributed by atoms with E-state index in [1.54, 1.807) is 0 Å². The topological polar surface area (TPSA) is 87.3 Å². The molecule has 3 N–H and O–H groups in total. The molecule has 22 heavy (non-hydrogen) atoms. The zero-order valence-corrected chi connectivity index (χ0v) is 12.7. The quantitative estimate of drug-likeness (QED) is 0.721. The summed E-state index contributed by atoms with van der Waals surface area (Å²) >= 11 is 0. The Labute approximate surface area is 128 Å². The predicted molar refractivity (Wildman–Crippen MR) is 81.3 cm³/mol. The number of hydrogen-bond acceptors (Lipinski definition) is 3. The second-order valence-electron chi connectivity index (χ2n) is 6.29. The largest absolute Gasteiger partial charge is 0.326 e. The number of aryl methyl sites for hydroxylation is 1. The van der Waals surface area contributed by atoms with E-state index >= 15 is 0 Å². The highest BCUT2D eigenvalue weighted by Crippen LogP contribution is 2.32. The van der Waals surface area contributed by atoms with Crippen LogP contribution in [-0.2, 0) is 22.4 Å². The average molecular weight is 301 g/mol. The summed E-state index contributed by atoms with van der Waals surface area (Å²) in [6.45, 7) is 3.69. The third-order valence-electron chi connectivity index (χ3n) is 4.33. The lowest BCUT2D eigenvalue weighted by Gasteiger charge is -2.32. The van der Waals surface area contributed by atoms with Gasteiger partial charge in [0.15, 0.2) is 0 Å². The highest BCUT2D eigenvalue weighted by Gasteiger charge is 2.47. The molecule has 0 radical (unpaired) electrons. The lowest BCUT2D eigenvalue weighted by Crippen LogP contribution is -2.51. The lowest BCUT2D eigenvalue weighted by molar-refractivity contribution is -0.124. The molecule has 1 unspecified atom stereocenters. The molecule has 1 atom stereocenters. The molecule has 4 amide bonds. The van der Waals surface area contributed by atoms with Gasteiger partial charge in [0.05, 0.1) is 0 Å². The van der Waals surface area contributed by atoms with Crippen LogP contribution < -0.4 is 16.0 Å². The molecule has 3 rings (SSSR count). The number of hydrogen-bond donors (Lipinski definition) is 3. The van der Waals surface area contributed by atoms with E-state index in [9.17, 15) is 14.4 Å². The van der Waals surface area contributed by atoms with Crippen molar-refractivity contribution in [2.75, 3.05) is 5.32 Å². The Morgan fingerprint density at radius 1 is 1.27 bits per heavy atom. The van der Waals surface area contributed by atoms with Crippen LogP contribution in [0.15, 0.2) is 18.2 Å². The van der Waals surface area contributed by atoms with Gasteiger partial charge in [0.2, 0.25) is 5.91 Å². The van der Waals surface area contributed by atoms with E-state index < -0.39 is 11.6 Å². The van der Waals surface area contributed by atoms with Crippen molar-refractivity contribution >= 4 is 23.5 Å². The summed E-state index contributed by atoms with van der Waals surface area (Å²) in [6, 6.07) is 5.29. The van der Waals surface area contributed by atoms with E-state index in [0.717, 1.165) is 16.8 Å². The predicted octanol–water partition coefficient (Wildman–Crippen LogP) is 1.35. The van der Waals surface area contributed by atoms with Crippen LogP contribution in [0.4, 0.5) is 10.5 Å². The van der Waals surface area contributed by atoms with Gasteiger partial charge in [0.1, 0.15) is 5.54 Å². The number of anilines is 1. The van der Waals surface area contributed by atoms with Crippen molar-refractivity contribution in [1.82, 2.24) is 10.6 Å². The molecule has 2 aliphatic rings. The van der Waals surface area contributed by atoms with Crippen LogP contribution in [0.5, 0.6) is 0 Å². The minimum absolute atomic E-state index is 0.0188. The second kappa shape index (κ2) is 5.12. The first-order chi connectivity index (χ1) is 10.4. The lowest BCUT2D eigenvalue weighted by atomic mass is 9.78. The molecular weight excluding hydrogens is 282 g/mol. The maximum Gasteiger partial charge on any atom is 0.322 e. The van der Waals surface area contributed by atoms with Gasteiger partial charge in [0, 0.05) is 18.0 Å². The molecule has 1 aromatic carbocycles. The van der Waals surface area contributed by atoms with Gasteiger partial charge in [-0.3, -0.25) is 14.9 Å². The number of benzene rings is 1. The fraction of sp³-hybridized carbons (Fsp3) is 0.438. The van der Waals surface area contributed by atoms with Crippen LogP contribution in [0.2, 0.25) is 0 Å². The first-order valence-corrected chi connectivity index (χ1v) is 7.46. The van der Waals surface area contributed by atoms with Crippen LogP contribution in [0.3, 0.4) is 0 Å². The van der Waals surface area contributed by atoms with E-state index in [-0.39, 0.29) is 17.7 Å². The number of imide groups is 1. The standard InChI is InChI=1S/C16H19N3O3/c1-9(2)13(20)17-12-4-3-11-8-16(6-5-10(11)7-12)14(21)18-15(22)19-16/h3-4,7,9H,5-6,8H2,1-2H3,(H,17,20)(H2,18,19,21,22). The minimum Gasteiger partial charge on any atom is -0.326 e. The Bertz CT molecular complexity index is 669. The van der Waals surface area contributed by atoms with Gasteiger partial charge < -0.3 is 10.6 Å². The smallest absolute Gasteiger partial charge is 0.322 e. The Kier molecular flexibility index (Phi) is 3.39. The van der Waals surface area contributed by atoms with Crippen molar-refractivity contribution in [2.45, 2.75) is 38.6 Å². The molecule has 1 aromatic rings. The Morgan fingerprint density at radius 3 is 2.68 bits per heavy atom. The van der Waals surface area contributed by atoms with Gasteiger partial charge in [-0.2, -0.15) is 0 Å². The number of urea groups is 1. The summed E-state index contributed by atoms with van der Waals surface area (Å²) in [4.78, 5) is 35.1. The molecule has 1 aliphatic carbocycles. The molecule has 0 saturated carbocycles. The Hall–Kier alpha value is -2.37. The van der Waals surface area contributed by atoms with E-state index in [1.807, 2.05) is 32.0 Å².